The third-order valence-electron chi connectivity index (χ3n) is 4.00. The normalized spacial score (nSPS) is 13.2. The molecule has 0 amide bonds. The van der Waals surface area contributed by atoms with Gasteiger partial charge in [0, 0.05) is 11.6 Å². The van der Waals surface area contributed by atoms with Gasteiger partial charge in [-0.15, -0.1) is 10.2 Å². The molecule has 10 nitrogen and oxygen atoms in total. The summed E-state index contributed by atoms with van der Waals surface area (Å²) in [5, 5.41) is 19.1. The van der Waals surface area contributed by atoms with Crippen molar-refractivity contribution < 1.29 is 28.3 Å². The van der Waals surface area contributed by atoms with Crippen molar-refractivity contribution in [1.29, 1.82) is 0 Å². The molecule has 1 atom stereocenters. The molecule has 10 heteroatoms. The van der Waals surface area contributed by atoms with Gasteiger partial charge in [-0.05, 0) is 19.1 Å². The Hall–Kier alpha value is -3.95. The predicted octanol–water partition coefficient (Wildman–Crippen LogP) is 3.29. The van der Waals surface area contributed by atoms with Crippen LogP contribution in [0.15, 0.2) is 46.9 Å². The third-order valence-corrected chi connectivity index (χ3v) is 4.00. The van der Waals surface area contributed by atoms with Gasteiger partial charge in [-0.1, -0.05) is 18.2 Å². The van der Waals surface area contributed by atoms with Crippen LogP contribution in [0.5, 0.6) is 11.5 Å². The Morgan fingerprint density at radius 2 is 1.89 bits per heavy atom. The average Bonchev–Trinajstić information content (AvgIpc) is 3.36. The van der Waals surface area contributed by atoms with Crippen molar-refractivity contribution in [3.8, 4) is 23.0 Å². The summed E-state index contributed by atoms with van der Waals surface area (Å²) < 4.78 is 21.1. The minimum Gasteiger partial charge on any atom is -0.454 e. The lowest BCUT2D eigenvalue weighted by molar-refractivity contribution is -0.385. The molecule has 0 aliphatic carbocycles. The fourth-order valence-corrected chi connectivity index (χ4v) is 2.62. The molecule has 1 aliphatic rings. The molecule has 0 saturated carbocycles. The molecule has 0 unspecified atom stereocenters. The molecule has 0 radical (unpaired) electrons. The summed E-state index contributed by atoms with van der Waals surface area (Å²) in [4.78, 5) is 23.1. The molecule has 0 bridgehead atoms. The maximum absolute atomic E-state index is 12.5. The van der Waals surface area contributed by atoms with E-state index in [9.17, 15) is 14.9 Å². The van der Waals surface area contributed by atoms with Crippen LogP contribution in [0.3, 0.4) is 0 Å². The van der Waals surface area contributed by atoms with Gasteiger partial charge in [0.2, 0.25) is 12.7 Å². The smallest absolute Gasteiger partial charge is 0.346 e. The molecule has 2 aromatic carbocycles. The summed E-state index contributed by atoms with van der Waals surface area (Å²) in [6.07, 6.45) is -0.914. The van der Waals surface area contributed by atoms with Crippen LogP contribution in [0.4, 0.5) is 5.69 Å². The predicted molar refractivity (Wildman–Crippen MR) is 92.8 cm³/mol. The van der Waals surface area contributed by atoms with E-state index in [1.54, 1.807) is 12.1 Å². The first-order chi connectivity index (χ1) is 13.5. The second-order valence-corrected chi connectivity index (χ2v) is 5.84. The van der Waals surface area contributed by atoms with E-state index >= 15 is 0 Å². The van der Waals surface area contributed by atoms with Gasteiger partial charge in [0.05, 0.1) is 11.0 Å². The fourth-order valence-electron chi connectivity index (χ4n) is 2.62. The number of esters is 1. The van der Waals surface area contributed by atoms with Gasteiger partial charge in [0.25, 0.3) is 11.6 Å². The van der Waals surface area contributed by atoms with E-state index in [0.29, 0.717) is 5.56 Å². The van der Waals surface area contributed by atoms with Crippen LogP contribution in [-0.2, 0) is 4.74 Å². The molecule has 3 aromatic rings. The van der Waals surface area contributed by atoms with Crippen molar-refractivity contribution in [3.05, 3.63) is 64.0 Å². The van der Waals surface area contributed by atoms with Crippen molar-refractivity contribution in [2.24, 2.45) is 0 Å². The van der Waals surface area contributed by atoms with Crippen molar-refractivity contribution in [3.63, 3.8) is 0 Å². The van der Waals surface area contributed by atoms with Crippen molar-refractivity contribution >= 4 is 11.7 Å². The Morgan fingerprint density at radius 3 is 2.61 bits per heavy atom. The van der Waals surface area contributed by atoms with E-state index in [1.165, 1.54) is 13.0 Å². The van der Waals surface area contributed by atoms with Gasteiger partial charge in [-0.25, -0.2) is 4.79 Å². The summed E-state index contributed by atoms with van der Waals surface area (Å²) in [5.41, 5.74) is 0.00652. The summed E-state index contributed by atoms with van der Waals surface area (Å²) in [7, 11) is 0. The number of rotatable bonds is 5. The molecule has 1 aromatic heterocycles. The molecule has 0 saturated heterocycles. The number of fused-ring (bicyclic) bond motifs is 1. The second kappa shape index (κ2) is 6.99. The number of nitro groups is 1. The third kappa shape index (κ3) is 3.22. The Bertz CT molecular complexity index is 1050. The number of hydrogen-bond donors (Lipinski definition) is 0. The minimum atomic E-state index is -0.919. The van der Waals surface area contributed by atoms with Gasteiger partial charge in [0.1, 0.15) is 5.56 Å². The highest BCUT2D eigenvalue weighted by Gasteiger charge is 2.30. The average molecular weight is 383 g/mol. The zero-order valence-corrected chi connectivity index (χ0v) is 14.5. The molecule has 2 heterocycles. The largest absolute Gasteiger partial charge is 0.454 e. The number of hydrogen-bond acceptors (Lipinski definition) is 9. The summed E-state index contributed by atoms with van der Waals surface area (Å²) in [6, 6.07) is 11.4. The number of ether oxygens (including phenoxy) is 3. The van der Waals surface area contributed by atoms with E-state index < -0.39 is 22.7 Å². The van der Waals surface area contributed by atoms with E-state index in [1.807, 2.05) is 18.2 Å². The maximum atomic E-state index is 12.5. The van der Waals surface area contributed by atoms with Gasteiger partial charge in [0.15, 0.2) is 17.6 Å². The molecular formula is C18H13N3O7. The first-order valence-electron chi connectivity index (χ1n) is 8.21. The van der Waals surface area contributed by atoms with Crippen LogP contribution in [0.2, 0.25) is 0 Å². The molecule has 0 fully saturated rings. The quantitative estimate of drug-likeness (QED) is 0.370. The number of nitrogens with zero attached hydrogens (tertiary/aromatic N) is 3. The van der Waals surface area contributed by atoms with Crippen molar-refractivity contribution in [2.75, 3.05) is 6.79 Å². The molecule has 4 rings (SSSR count). The Morgan fingerprint density at radius 1 is 1.18 bits per heavy atom. The SMILES string of the molecule is C[C@H](OC(=O)c1cc2c(cc1[N+](=O)[O-])OCO2)c1nnc(-c2ccccc2)o1. The zero-order chi connectivity index (χ0) is 19.7. The lowest BCUT2D eigenvalue weighted by atomic mass is 10.1. The first kappa shape index (κ1) is 17.5. The van der Waals surface area contributed by atoms with Gasteiger partial charge in [-0.2, -0.15) is 0 Å². The van der Waals surface area contributed by atoms with Crippen LogP contribution in [0.25, 0.3) is 11.5 Å². The minimum absolute atomic E-state index is 0.0654. The summed E-state index contributed by atoms with van der Waals surface area (Å²) >= 11 is 0. The van der Waals surface area contributed by atoms with E-state index in [4.69, 9.17) is 18.6 Å². The number of carbonyl (C=O) groups is 1. The van der Waals surface area contributed by atoms with Gasteiger partial charge < -0.3 is 18.6 Å². The van der Waals surface area contributed by atoms with Crippen LogP contribution < -0.4 is 9.47 Å². The molecule has 0 N–H and O–H groups in total. The molecule has 142 valence electrons. The second-order valence-electron chi connectivity index (χ2n) is 5.84. The Labute approximate surface area is 157 Å². The topological polar surface area (TPSA) is 127 Å². The van der Waals surface area contributed by atoms with Gasteiger partial charge >= 0.3 is 5.97 Å². The van der Waals surface area contributed by atoms with Crippen molar-refractivity contribution in [2.45, 2.75) is 13.0 Å². The number of benzene rings is 2. The van der Waals surface area contributed by atoms with Crippen LogP contribution in [0, 0.1) is 10.1 Å². The fraction of sp³-hybridized carbons (Fsp3) is 0.167. The zero-order valence-electron chi connectivity index (χ0n) is 14.5. The lowest BCUT2D eigenvalue weighted by Crippen LogP contribution is -2.11. The highest BCUT2D eigenvalue weighted by atomic mass is 16.7. The van der Waals surface area contributed by atoms with Crippen LogP contribution in [0.1, 0.15) is 29.3 Å². The summed E-state index contributed by atoms with van der Waals surface area (Å²) in [5.74, 6) is -0.157. The van der Waals surface area contributed by atoms with Gasteiger partial charge in [-0.3, -0.25) is 10.1 Å². The number of carbonyl (C=O) groups excluding carboxylic acids is 1. The first-order valence-corrected chi connectivity index (χ1v) is 8.21. The Kier molecular flexibility index (Phi) is 4.36. The lowest BCUT2D eigenvalue weighted by Gasteiger charge is -2.10. The van der Waals surface area contributed by atoms with Crippen molar-refractivity contribution in [1.82, 2.24) is 10.2 Å². The van der Waals surface area contributed by atoms with Crippen LogP contribution >= 0.6 is 0 Å². The summed E-state index contributed by atoms with van der Waals surface area (Å²) in [6.45, 7) is 1.45. The highest BCUT2D eigenvalue weighted by molar-refractivity contribution is 5.95. The molecular weight excluding hydrogens is 370 g/mol. The molecule has 28 heavy (non-hydrogen) atoms. The number of aromatic nitrogens is 2. The molecule has 0 spiro atoms. The standard InChI is InChI=1S/C18H13N3O7/c1-10(16-19-20-17(28-16)11-5-3-2-4-6-11)27-18(22)12-7-14-15(26-9-25-14)8-13(12)21(23)24/h2-8,10H,9H2,1H3/t10-/m0/s1. The molecule has 1 aliphatic heterocycles. The Balaban J connectivity index is 1.56. The van der Waals surface area contributed by atoms with E-state index in [-0.39, 0.29) is 35.6 Å². The maximum Gasteiger partial charge on any atom is 0.346 e. The van der Waals surface area contributed by atoms with Crippen LogP contribution in [-0.4, -0.2) is 27.9 Å². The van der Waals surface area contributed by atoms with E-state index in [0.717, 1.165) is 6.07 Å². The monoisotopic (exact) mass is 383 g/mol. The van der Waals surface area contributed by atoms with E-state index in [2.05, 4.69) is 10.2 Å². The number of nitro benzene ring substituents is 1. The highest BCUT2D eigenvalue weighted by Crippen LogP contribution is 2.38.